The van der Waals surface area contributed by atoms with Crippen molar-refractivity contribution in [2.75, 3.05) is 0 Å². The lowest BCUT2D eigenvalue weighted by atomic mass is 11.9. The van der Waals surface area contributed by atoms with Crippen LogP contribution in [0.3, 0.4) is 0 Å². The zero-order valence-corrected chi connectivity index (χ0v) is 7.62. The van der Waals surface area contributed by atoms with Gasteiger partial charge in [-0.15, -0.1) is 0 Å². The first-order chi connectivity index (χ1) is 2.00. The summed E-state index contributed by atoms with van der Waals surface area (Å²) in [6, 6.07) is 0. The minimum absolute atomic E-state index is 0.479. The molecule has 0 atom stereocenters. The molecule has 0 spiro atoms. The van der Waals surface area contributed by atoms with Gasteiger partial charge in [-0.05, 0) is 60.4 Å². The fraction of sp³-hybridized carbons (Fsp3) is 1.00. The molecule has 0 aliphatic heterocycles. The number of halogens is 3. The summed E-state index contributed by atoms with van der Waals surface area (Å²) in [5.74, 6) is 0. The largest absolute Gasteiger partial charge is 0.189 e. The van der Waals surface area contributed by atoms with Crippen LogP contribution in [0.2, 0.25) is 0 Å². The van der Waals surface area contributed by atoms with Crippen LogP contribution in [0.4, 0.5) is 0 Å². The highest BCUT2D eigenvalue weighted by molar-refractivity contribution is 9.42. The molecule has 0 N–H and O–H groups in total. The first kappa shape index (κ1) is 6.79. The Morgan fingerprint density at radius 2 is 1.20 bits per heavy atom. The molecule has 0 aromatic carbocycles. The Morgan fingerprint density at radius 3 is 1.20 bits per heavy atom. The molecule has 0 fully saturated rings. The van der Waals surface area contributed by atoms with Crippen LogP contribution in [-0.4, -0.2) is 1.47 Å². The fourth-order valence-corrected chi connectivity index (χ4v) is 0. The molecular formula is CBr3S. The third-order valence-corrected chi connectivity index (χ3v) is 0. The maximum Gasteiger partial charge on any atom is 0.189 e. The molecular weight excluding hydrogens is 284 g/mol. The zero-order chi connectivity index (χ0) is 4.50. The van der Waals surface area contributed by atoms with Gasteiger partial charge in [0.05, 0.1) is 0 Å². The van der Waals surface area contributed by atoms with E-state index in [1.807, 2.05) is 0 Å². The van der Waals surface area contributed by atoms with E-state index in [2.05, 4.69) is 60.4 Å². The topological polar surface area (TPSA) is 0 Å². The highest BCUT2D eigenvalue weighted by atomic mass is 80.0. The maximum absolute atomic E-state index is 4.58. The summed E-state index contributed by atoms with van der Waals surface area (Å²) < 4.78 is -0.479. The van der Waals surface area contributed by atoms with Gasteiger partial charge in [-0.25, -0.2) is 0 Å². The normalized spacial score (nSPS) is 12.0. The van der Waals surface area contributed by atoms with Gasteiger partial charge in [0.15, 0.2) is 1.47 Å². The lowest BCUT2D eigenvalue weighted by molar-refractivity contribution is 2.11. The predicted molar refractivity (Wildman–Crippen MR) is 37.1 cm³/mol. The van der Waals surface area contributed by atoms with Crippen LogP contribution in [0.5, 0.6) is 0 Å². The van der Waals surface area contributed by atoms with Gasteiger partial charge in [0.25, 0.3) is 0 Å². The molecule has 4 heteroatoms. The molecule has 0 heterocycles. The smallest absolute Gasteiger partial charge is 0.0490 e. The molecule has 0 nitrogen and oxygen atoms in total. The van der Waals surface area contributed by atoms with Gasteiger partial charge < -0.3 is 0 Å². The van der Waals surface area contributed by atoms with Crippen molar-refractivity contribution in [1.29, 1.82) is 0 Å². The highest BCUT2D eigenvalue weighted by Crippen LogP contribution is 2.36. The molecule has 0 saturated carbocycles. The van der Waals surface area contributed by atoms with Gasteiger partial charge in [-0.2, -0.15) is 0 Å². The molecule has 0 aliphatic carbocycles. The number of rotatable bonds is 0. The summed E-state index contributed by atoms with van der Waals surface area (Å²) in [7, 11) is 0. The molecule has 0 aliphatic rings. The molecule has 0 rings (SSSR count). The zero-order valence-electron chi connectivity index (χ0n) is 2.04. The molecule has 0 saturated heterocycles. The van der Waals surface area contributed by atoms with Crippen LogP contribution in [0, 0.1) is 0 Å². The molecule has 31 valence electrons. The van der Waals surface area contributed by atoms with Crippen molar-refractivity contribution >= 4 is 60.4 Å². The lowest BCUT2D eigenvalue weighted by Crippen LogP contribution is -1.77. The van der Waals surface area contributed by atoms with E-state index in [1.54, 1.807) is 0 Å². The van der Waals surface area contributed by atoms with Crippen LogP contribution >= 0.6 is 60.4 Å². The average Bonchev–Trinajstić information content (AvgIpc) is 0.722. The summed E-state index contributed by atoms with van der Waals surface area (Å²) in [5, 5.41) is 0. The predicted octanol–water partition coefficient (Wildman–Crippen LogP) is 2.98. The molecule has 0 bridgehead atoms. The Hall–Kier alpha value is 1.79. The summed E-state index contributed by atoms with van der Waals surface area (Å²) in [5.41, 5.74) is 0. The molecule has 0 aromatic heterocycles. The van der Waals surface area contributed by atoms with E-state index in [4.69, 9.17) is 0 Å². The van der Waals surface area contributed by atoms with Gasteiger partial charge in [-0.1, -0.05) is 0 Å². The van der Waals surface area contributed by atoms with Gasteiger partial charge in [0, 0.05) is 0 Å². The monoisotopic (exact) mass is 281 g/mol. The molecule has 5 heavy (non-hydrogen) atoms. The minimum Gasteiger partial charge on any atom is -0.0490 e. The number of alkyl halides is 3. The van der Waals surface area contributed by atoms with Crippen LogP contribution < -0.4 is 0 Å². The Bertz CT molecular complexity index is 22.4. The molecule has 1 radical (unpaired) electrons. The van der Waals surface area contributed by atoms with Crippen LogP contribution in [-0.2, 0) is 0 Å². The SMILES string of the molecule is [S]C(Br)(Br)Br. The summed E-state index contributed by atoms with van der Waals surface area (Å²) in [4.78, 5) is 0. The summed E-state index contributed by atoms with van der Waals surface area (Å²) in [6.45, 7) is 0. The van der Waals surface area contributed by atoms with E-state index < -0.39 is 1.47 Å². The van der Waals surface area contributed by atoms with Crippen molar-refractivity contribution in [3.63, 3.8) is 0 Å². The second-order valence-electron chi connectivity index (χ2n) is 0.446. The van der Waals surface area contributed by atoms with Crippen molar-refractivity contribution in [2.45, 2.75) is 1.47 Å². The van der Waals surface area contributed by atoms with Crippen LogP contribution in [0.15, 0.2) is 0 Å². The third-order valence-electron chi connectivity index (χ3n) is 0. The minimum atomic E-state index is -0.479. The van der Waals surface area contributed by atoms with E-state index in [9.17, 15) is 0 Å². The van der Waals surface area contributed by atoms with Gasteiger partial charge in [0.1, 0.15) is 0 Å². The average molecular weight is 284 g/mol. The first-order valence-electron chi connectivity index (χ1n) is 0.771. The van der Waals surface area contributed by atoms with E-state index in [-0.39, 0.29) is 0 Å². The molecule has 0 amide bonds. The van der Waals surface area contributed by atoms with E-state index in [0.29, 0.717) is 0 Å². The van der Waals surface area contributed by atoms with Crippen LogP contribution in [0.25, 0.3) is 0 Å². The fourth-order valence-electron chi connectivity index (χ4n) is 0. The second kappa shape index (κ2) is 2.19. The summed E-state index contributed by atoms with van der Waals surface area (Å²) >= 11 is 13.6. The van der Waals surface area contributed by atoms with Crippen LogP contribution in [0.1, 0.15) is 0 Å². The van der Waals surface area contributed by atoms with Crippen molar-refractivity contribution in [2.24, 2.45) is 0 Å². The highest BCUT2D eigenvalue weighted by Gasteiger charge is 2.08. The van der Waals surface area contributed by atoms with Gasteiger partial charge in [0.2, 0.25) is 0 Å². The Morgan fingerprint density at radius 1 is 1.20 bits per heavy atom. The Balaban J connectivity index is 3.02. The standard InChI is InChI=1S/CBr3S/c2-1(3,4)5. The van der Waals surface area contributed by atoms with Gasteiger partial charge >= 0.3 is 0 Å². The van der Waals surface area contributed by atoms with Crippen molar-refractivity contribution < 1.29 is 0 Å². The third kappa shape index (κ3) is 26.0. The summed E-state index contributed by atoms with van der Waals surface area (Å²) in [6.07, 6.45) is 0. The van der Waals surface area contributed by atoms with E-state index in [1.165, 1.54) is 0 Å². The van der Waals surface area contributed by atoms with E-state index in [0.717, 1.165) is 0 Å². The van der Waals surface area contributed by atoms with Crippen molar-refractivity contribution in [1.82, 2.24) is 0 Å². The molecule has 0 unspecified atom stereocenters. The van der Waals surface area contributed by atoms with Gasteiger partial charge in [-0.3, -0.25) is 0 Å². The maximum atomic E-state index is 4.58. The Labute approximate surface area is 61.5 Å². The second-order valence-corrected chi connectivity index (χ2v) is 9.39. The lowest BCUT2D eigenvalue weighted by Gasteiger charge is -1.93. The number of hydrogen-bond acceptors (Lipinski definition) is 0. The Kier molecular flexibility index (Phi) is 2.97. The first-order valence-corrected chi connectivity index (χ1v) is 3.56. The number of hydrogen-bond donors (Lipinski definition) is 0. The van der Waals surface area contributed by atoms with E-state index >= 15 is 0 Å². The van der Waals surface area contributed by atoms with Crippen molar-refractivity contribution in [3.8, 4) is 0 Å². The molecule has 0 aromatic rings. The van der Waals surface area contributed by atoms with Crippen molar-refractivity contribution in [3.05, 3.63) is 0 Å². The quantitative estimate of drug-likeness (QED) is 0.600.